The van der Waals surface area contributed by atoms with Crippen molar-refractivity contribution < 1.29 is 4.79 Å². The summed E-state index contributed by atoms with van der Waals surface area (Å²) in [7, 11) is 1.80. The van der Waals surface area contributed by atoms with E-state index in [1.54, 1.807) is 30.2 Å². The fourth-order valence-electron chi connectivity index (χ4n) is 2.70. The Morgan fingerprint density at radius 3 is 3.04 bits per heavy atom. The first-order valence-corrected chi connectivity index (χ1v) is 8.80. The molecule has 1 atom stereocenters. The Bertz CT molecular complexity index is 688. The van der Waals surface area contributed by atoms with E-state index in [9.17, 15) is 4.79 Å². The van der Waals surface area contributed by atoms with Gasteiger partial charge in [-0.05, 0) is 31.2 Å². The Balaban J connectivity index is 1.64. The number of nitrogens with one attached hydrogen (secondary N) is 1. The third-order valence-electron chi connectivity index (χ3n) is 3.83. The summed E-state index contributed by atoms with van der Waals surface area (Å²) in [5, 5.41) is 7.98. The summed E-state index contributed by atoms with van der Waals surface area (Å²) in [6.07, 6.45) is 7.50. The smallest absolute Gasteiger partial charge is 0.272 e. The van der Waals surface area contributed by atoms with Crippen molar-refractivity contribution in [2.24, 2.45) is 7.05 Å². The average molecular weight is 332 g/mol. The standard InChI is InChI=1S/C15H20N6OS/c1-20-9-6-12(19-20)14(22)17-11-4-3-8-21(10-11)13-5-7-16-15(18-13)23-2/h5-7,9,11H,3-4,8,10H2,1-2H3,(H,17,22). The second-order valence-corrected chi connectivity index (χ2v) is 6.31. The van der Waals surface area contributed by atoms with Crippen molar-refractivity contribution in [2.75, 3.05) is 24.2 Å². The molecule has 1 amide bonds. The lowest BCUT2D eigenvalue weighted by atomic mass is 10.1. The van der Waals surface area contributed by atoms with E-state index in [2.05, 4.69) is 25.3 Å². The van der Waals surface area contributed by atoms with Crippen molar-refractivity contribution in [3.05, 3.63) is 30.2 Å². The molecule has 0 aliphatic carbocycles. The molecule has 1 aliphatic heterocycles. The van der Waals surface area contributed by atoms with Gasteiger partial charge in [-0.3, -0.25) is 9.48 Å². The van der Waals surface area contributed by atoms with E-state index < -0.39 is 0 Å². The van der Waals surface area contributed by atoms with E-state index in [4.69, 9.17) is 0 Å². The van der Waals surface area contributed by atoms with Gasteiger partial charge in [0.2, 0.25) is 0 Å². The van der Waals surface area contributed by atoms with Crippen LogP contribution in [0.2, 0.25) is 0 Å². The molecule has 7 nitrogen and oxygen atoms in total. The maximum Gasteiger partial charge on any atom is 0.272 e. The Morgan fingerprint density at radius 1 is 1.43 bits per heavy atom. The molecule has 0 bridgehead atoms. The molecule has 0 saturated carbocycles. The number of thioether (sulfide) groups is 1. The molecule has 3 rings (SSSR count). The van der Waals surface area contributed by atoms with Crippen molar-refractivity contribution in [1.82, 2.24) is 25.1 Å². The van der Waals surface area contributed by atoms with Crippen LogP contribution >= 0.6 is 11.8 Å². The molecule has 0 aromatic carbocycles. The molecule has 2 aromatic heterocycles. The maximum absolute atomic E-state index is 12.2. The number of aryl methyl sites for hydroxylation is 1. The molecule has 1 fully saturated rings. The second kappa shape index (κ2) is 6.99. The van der Waals surface area contributed by atoms with Crippen LogP contribution in [-0.2, 0) is 7.05 Å². The minimum Gasteiger partial charge on any atom is -0.354 e. The highest BCUT2D eigenvalue weighted by Crippen LogP contribution is 2.20. The summed E-state index contributed by atoms with van der Waals surface area (Å²) < 4.78 is 1.63. The van der Waals surface area contributed by atoms with Gasteiger partial charge >= 0.3 is 0 Å². The summed E-state index contributed by atoms with van der Waals surface area (Å²) in [5.41, 5.74) is 0.455. The van der Waals surface area contributed by atoms with Crippen molar-refractivity contribution in [1.29, 1.82) is 0 Å². The fraction of sp³-hybridized carbons (Fsp3) is 0.467. The molecule has 8 heteroatoms. The largest absolute Gasteiger partial charge is 0.354 e. The quantitative estimate of drug-likeness (QED) is 0.672. The number of piperidine rings is 1. The number of hydrogen-bond donors (Lipinski definition) is 1. The van der Waals surface area contributed by atoms with Crippen LogP contribution in [0.15, 0.2) is 29.7 Å². The number of carbonyl (C=O) groups is 1. The molecule has 1 unspecified atom stereocenters. The SMILES string of the molecule is CSc1nccc(N2CCCC(NC(=O)c3ccn(C)n3)C2)n1. The van der Waals surface area contributed by atoms with Crippen molar-refractivity contribution in [2.45, 2.75) is 24.0 Å². The number of nitrogens with zero attached hydrogens (tertiary/aromatic N) is 5. The number of carbonyl (C=O) groups excluding carboxylic acids is 1. The lowest BCUT2D eigenvalue weighted by Gasteiger charge is -2.33. The van der Waals surface area contributed by atoms with Crippen LogP contribution in [0.4, 0.5) is 5.82 Å². The zero-order chi connectivity index (χ0) is 16.2. The van der Waals surface area contributed by atoms with Crippen LogP contribution in [-0.4, -0.2) is 51.0 Å². The summed E-state index contributed by atoms with van der Waals surface area (Å²) in [4.78, 5) is 23.2. The zero-order valence-corrected chi connectivity index (χ0v) is 14.1. The molecule has 1 aliphatic rings. The first kappa shape index (κ1) is 15.8. The Kier molecular flexibility index (Phi) is 4.80. The van der Waals surface area contributed by atoms with Gasteiger partial charge < -0.3 is 10.2 Å². The molecule has 1 N–H and O–H groups in total. The summed E-state index contributed by atoms with van der Waals surface area (Å²) in [5.74, 6) is 0.797. The number of aromatic nitrogens is 4. The van der Waals surface area contributed by atoms with Gasteiger partial charge in [0, 0.05) is 38.6 Å². The van der Waals surface area contributed by atoms with E-state index >= 15 is 0 Å². The summed E-state index contributed by atoms with van der Waals surface area (Å²) in [6.45, 7) is 1.70. The summed E-state index contributed by atoms with van der Waals surface area (Å²) >= 11 is 1.53. The Hall–Kier alpha value is -2.09. The Labute approximate surface area is 139 Å². The van der Waals surface area contributed by atoms with Crippen LogP contribution in [0.1, 0.15) is 23.3 Å². The van der Waals surface area contributed by atoms with Crippen molar-refractivity contribution in [3.8, 4) is 0 Å². The monoisotopic (exact) mass is 332 g/mol. The van der Waals surface area contributed by atoms with Crippen molar-refractivity contribution >= 4 is 23.5 Å². The molecular weight excluding hydrogens is 312 g/mol. The molecule has 23 heavy (non-hydrogen) atoms. The second-order valence-electron chi connectivity index (χ2n) is 5.53. The number of rotatable bonds is 4. The third kappa shape index (κ3) is 3.82. The van der Waals surface area contributed by atoms with Gasteiger partial charge in [-0.25, -0.2) is 9.97 Å². The van der Waals surface area contributed by atoms with E-state index in [1.807, 2.05) is 12.3 Å². The van der Waals surface area contributed by atoms with Gasteiger partial charge in [0.25, 0.3) is 5.91 Å². The molecule has 2 aromatic rings. The highest BCUT2D eigenvalue weighted by Gasteiger charge is 2.23. The first-order valence-electron chi connectivity index (χ1n) is 7.58. The lowest BCUT2D eigenvalue weighted by Crippen LogP contribution is -2.48. The highest BCUT2D eigenvalue weighted by molar-refractivity contribution is 7.98. The minimum absolute atomic E-state index is 0.103. The van der Waals surface area contributed by atoms with Crippen LogP contribution in [0.5, 0.6) is 0 Å². The first-order chi connectivity index (χ1) is 11.2. The normalized spacial score (nSPS) is 18.0. The predicted molar refractivity (Wildman–Crippen MR) is 89.7 cm³/mol. The molecule has 1 saturated heterocycles. The summed E-state index contributed by atoms with van der Waals surface area (Å²) in [6, 6.07) is 3.75. The van der Waals surface area contributed by atoms with Gasteiger partial charge in [0.1, 0.15) is 11.5 Å². The van der Waals surface area contributed by atoms with Gasteiger partial charge in [-0.1, -0.05) is 11.8 Å². The average Bonchev–Trinajstić information content (AvgIpc) is 3.02. The maximum atomic E-state index is 12.2. The highest BCUT2D eigenvalue weighted by atomic mass is 32.2. The van der Waals surface area contributed by atoms with Crippen LogP contribution in [0.25, 0.3) is 0 Å². The molecule has 0 spiro atoms. The zero-order valence-electron chi connectivity index (χ0n) is 13.3. The van der Waals surface area contributed by atoms with Gasteiger partial charge in [0.15, 0.2) is 5.16 Å². The van der Waals surface area contributed by atoms with Crippen LogP contribution in [0, 0.1) is 0 Å². The number of hydrogen-bond acceptors (Lipinski definition) is 6. The topological polar surface area (TPSA) is 75.9 Å². The van der Waals surface area contributed by atoms with Gasteiger partial charge in [-0.15, -0.1) is 0 Å². The molecule has 122 valence electrons. The number of anilines is 1. The van der Waals surface area contributed by atoms with E-state index in [-0.39, 0.29) is 11.9 Å². The van der Waals surface area contributed by atoms with Crippen LogP contribution < -0.4 is 10.2 Å². The molecule has 0 radical (unpaired) electrons. The van der Waals surface area contributed by atoms with E-state index in [1.165, 1.54) is 11.8 Å². The lowest BCUT2D eigenvalue weighted by molar-refractivity contribution is 0.0927. The minimum atomic E-state index is -0.120. The third-order valence-corrected chi connectivity index (χ3v) is 4.39. The van der Waals surface area contributed by atoms with Crippen LogP contribution in [0.3, 0.4) is 0 Å². The van der Waals surface area contributed by atoms with E-state index in [0.29, 0.717) is 5.69 Å². The van der Waals surface area contributed by atoms with Crippen molar-refractivity contribution in [3.63, 3.8) is 0 Å². The fourth-order valence-corrected chi connectivity index (χ4v) is 3.06. The number of amides is 1. The van der Waals surface area contributed by atoms with Gasteiger partial charge in [0.05, 0.1) is 0 Å². The predicted octanol–water partition coefficient (Wildman–Crippen LogP) is 1.33. The van der Waals surface area contributed by atoms with E-state index in [0.717, 1.165) is 36.9 Å². The van der Waals surface area contributed by atoms with Gasteiger partial charge in [-0.2, -0.15) is 5.10 Å². The Morgan fingerprint density at radius 2 is 2.30 bits per heavy atom. The molecule has 3 heterocycles. The molecular formula is C15H20N6OS.